The van der Waals surface area contributed by atoms with Crippen LogP contribution in [-0.2, 0) is 14.3 Å². The molecule has 22 heavy (non-hydrogen) atoms. The van der Waals surface area contributed by atoms with Crippen molar-refractivity contribution in [1.29, 1.82) is 0 Å². The normalized spacial score (nSPS) is 27.3. The maximum absolute atomic E-state index is 12.0. The molecule has 3 saturated heterocycles. The number of nitrogens with zero attached hydrogens (tertiary/aromatic N) is 2. The molecule has 3 aliphatic rings. The third kappa shape index (κ3) is 3.29. The molecule has 3 heterocycles. The Morgan fingerprint density at radius 1 is 1.41 bits per heavy atom. The van der Waals surface area contributed by atoms with Crippen LogP contribution < -0.4 is 0 Å². The number of unbranched alkanes of at least 4 members (excludes halogenated alkanes) is 1. The lowest BCUT2D eigenvalue weighted by Crippen LogP contribution is -2.66. The molecule has 3 aliphatic heterocycles. The molecular formula is C17H28N2O3. The van der Waals surface area contributed by atoms with Crippen LogP contribution in [-0.4, -0.2) is 60.0 Å². The molecule has 3 fully saturated rings. The van der Waals surface area contributed by atoms with Crippen LogP contribution in [0.15, 0.2) is 0 Å². The van der Waals surface area contributed by atoms with Crippen molar-refractivity contribution in [3.05, 3.63) is 0 Å². The van der Waals surface area contributed by atoms with Gasteiger partial charge in [-0.05, 0) is 25.7 Å². The van der Waals surface area contributed by atoms with Crippen LogP contribution in [0.4, 0.5) is 0 Å². The SMILES string of the molecule is CCCCC(=O)N1CC2(CC[C@H](CN3CCCC3=O)CO2)C1. The number of hydrogen-bond acceptors (Lipinski definition) is 3. The van der Waals surface area contributed by atoms with Crippen LogP contribution >= 0.6 is 0 Å². The summed E-state index contributed by atoms with van der Waals surface area (Å²) in [6.45, 7) is 6.16. The van der Waals surface area contributed by atoms with Gasteiger partial charge < -0.3 is 14.5 Å². The smallest absolute Gasteiger partial charge is 0.222 e. The second-order valence-electron chi connectivity index (χ2n) is 7.20. The van der Waals surface area contributed by atoms with E-state index in [1.807, 2.05) is 9.80 Å². The molecule has 0 aromatic rings. The molecule has 0 radical (unpaired) electrons. The van der Waals surface area contributed by atoms with E-state index in [-0.39, 0.29) is 11.5 Å². The lowest BCUT2D eigenvalue weighted by molar-refractivity contribution is -0.190. The van der Waals surface area contributed by atoms with E-state index in [4.69, 9.17) is 4.74 Å². The van der Waals surface area contributed by atoms with Crippen molar-refractivity contribution in [2.75, 3.05) is 32.8 Å². The Kier molecular flexibility index (Phi) is 4.71. The molecule has 0 unspecified atom stereocenters. The van der Waals surface area contributed by atoms with Crippen molar-refractivity contribution in [3.63, 3.8) is 0 Å². The molecule has 1 atom stereocenters. The average Bonchev–Trinajstić information content (AvgIpc) is 2.88. The molecule has 0 aliphatic carbocycles. The van der Waals surface area contributed by atoms with Gasteiger partial charge in [-0.15, -0.1) is 0 Å². The zero-order valence-electron chi connectivity index (χ0n) is 13.7. The third-order valence-electron chi connectivity index (χ3n) is 5.34. The zero-order chi connectivity index (χ0) is 15.6. The highest BCUT2D eigenvalue weighted by atomic mass is 16.5. The quantitative estimate of drug-likeness (QED) is 0.778. The zero-order valence-corrected chi connectivity index (χ0v) is 13.7. The summed E-state index contributed by atoms with van der Waals surface area (Å²) < 4.78 is 6.11. The Morgan fingerprint density at radius 2 is 2.23 bits per heavy atom. The van der Waals surface area contributed by atoms with Crippen molar-refractivity contribution in [2.45, 2.75) is 57.5 Å². The van der Waals surface area contributed by atoms with Crippen LogP contribution in [0.25, 0.3) is 0 Å². The molecule has 3 rings (SSSR count). The Morgan fingerprint density at radius 3 is 2.82 bits per heavy atom. The van der Waals surface area contributed by atoms with Crippen molar-refractivity contribution >= 4 is 11.8 Å². The number of rotatable bonds is 5. The van der Waals surface area contributed by atoms with Gasteiger partial charge in [-0.25, -0.2) is 0 Å². The maximum Gasteiger partial charge on any atom is 0.222 e. The molecular weight excluding hydrogens is 280 g/mol. The fourth-order valence-electron chi connectivity index (χ4n) is 3.83. The molecule has 0 aromatic heterocycles. The van der Waals surface area contributed by atoms with E-state index in [2.05, 4.69) is 6.92 Å². The third-order valence-corrected chi connectivity index (χ3v) is 5.34. The van der Waals surface area contributed by atoms with Gasteiger partial charge in [-0.1, -0.05) is 13.3 Å². The minimum atomic E-state index is -0.0760. The fourth-order valence-corrected chi connectivity index (χ4v) is 3.83. The molecule has 124 valence electrons. The first-order valence-electron chi connectivity index (χ1n) is 8.81. The van der Waals surface area contributed by atoms with E-state index in [0.29, 0.717) is 24.7 Å². The first-order chi connectivity index (χ1) is 10.6. The van der Waals surface area contributed by atoms with Gasteiger partial charge >= 0.3 is 0 Å². The summed E-state index contributed by atoms with van der Waals surface area (Å²) in [5.74, 6) is 1.05. The minimum absolute atomic E-state index is 0.0760. The second kappa shape index (κ2) is 6.57. The molecule has 1 spiro atoms. The summed E-state index contributed by atoms with van der Waals surface area (Å²) >= 11 is 0. The largest absolute Gasteiger partial charge is 0.371 e. The number of carbonyl (C=O) groups is 2. The maximum atomic E-state index is 12.0. The predicted molar refractivity (Wildman–Crippen MR) is 83.3 cm³/mol. The Balaban J connectivity index is 1.39. The molecule has 5 heteroatoms. The van der Waals surface area contributed by atoms with Crippen LogP contribution in [0, 0.1) is 5.92 Å². The summed E-state index contributed by atoms with van der Waals surface area (Å²) in [5, 5.41) is 0. The van der Waals surface area contributed by atoms with Gasteiger partial charge in [0.05, 0.1) is 19.7 Å². The van der Waals surface area contributed by atoms with Crippen LogP contribution in [0.3, 0.4) is 0 Å². The molecule has 0 N–H and O–H groups in total. The highest BCUT2D eigenvalue weighted by molar-refractivity contribution is 5.78. The van der Waals surface area contributed by atoms with Gasteiger partial charge in [0.15, 0.2) is 0 Å². The lowest BCUT2D eigenvalue weighted by atomic mass is 9.82. The van der Waals surface area contributed by atoms with E-state index < -0.39 is 0 Å². The van der Waals surface area contributed by atoms with Crippen LogP contribution in [0.2, 0.25) is 0 Å². The van der Waals surface area contributed by atoms with E-state index in [0.717, 1.165) is 64.9 Å². The predicted octanol–water partition coefficient (Wildman–Crippen LogP) is 1.81. The monoisotopic (exact) mass is 308 g/mol. The van der Waals surface area contributed by atoms with E-state index in [1.54, 1.807) is 0 Å². The number of carbonyl (C=O) groups excluding carboxylic acids is 2. The second-order valence-corrected chi connectivity index (χ2v) is 7.20. The summed E-state index contributed by atoms with van der Waals surface area (Å²) in [7, 11) is 0. The molecule has 2 amide bonds. The minimum Gasteiger partial charge on any atom is -0.371 e. The van der Waals surface area contributed by atoms with Gasteiger partial charge in [-0.2, -0.15) is 0 Å². The van der Waals surface area contributed by atoms with Crippen LogP contribution in [0.1, 0.15) is 51.9 Å². The van der Waals surface area contributed by atoms with Gasteiger partial charge in [0.2, 0.25) is 11.8 Å². The van der Waals surface area contributed by atoms with Gasteiger partial charge in [0.1, 0.15) is 5.60 Å². The topological polar surface area (TPSA) is 49.9 Å². The highest BCUT2D eigenvalue weighted by Crippen LogP contribution is 2.36. The number of hydrogen-bond donors (Lipinski definition) is 0. The Hall–Kier alpha value is -1.10. The summed E-state index contributed by atoms with van der Waals surface area (Å²) in [6, 6.07) is 0. The van der Waals surface area contributed by atoms with Crippen molar-refractivity contribution < 1.29 is 14.3 Å². The van der Waals surface area contributed by atoms with Crippen molar-refractivity contribution in [3.8, 4) is 0 Å². The highest BCUT2D eigenvalue weighted by Gasteiger charge is 2.48. The molecule has 0 aromatic carbocycles. The number of amides is 2. The Bertz CT molecular complexity index is 422. The molecule has 0 bridgehead atoms. The summed E-state index contributed by atoms with van der Waals surface area (Å²) in [6.07, 6.45) is 6.58. The summed E-state index contributed by atoms with van der Waals surface area (Å²) in [4.78, 5) is 27.6. The number of ether oxygens (including phenoxy) is 1. The first kappa shape index (κ1) is 15.8. The standard InChI is InChI=1S/C17H28N2O3/c1-2-3-5-16(21)19-12-17(13-19)8-7-14(11-22-17)10-18-9-4-6-15(18)20/h14H,2-13H2,1H3/t14-/m1/s1. The first-order valence-corrected chi connectivity index (χ1v) is 8.81. The van der Waals surface area contributed by atoms with Gasteiger partial charge in [-0.3, -0.25) is 9.59 Å². The average molecular weight is 308 g/mol. The van der Waals surface area contributed by atoms with Crippen molar-refractivity contribution in [1.82, 2.24) is 9.80 Å². The summed E-state index contributed by atoms with van der Waals surface area (Å²) in [5.41, 5.74) is -0.0760. The van der Waals surface area contributed by atoms with E-state index in [9.17, 15) is 9.59 Å². The van der Waals surface area contributed by atoms with Crippen molar-refractivity contribution in [2.24, 2.45) is 5.92 Å². The van der Waals surface area contributed by atoms with E-state index >= 15 is 0 Å². The van der Waals surface area contributed by atoms with E-state index in [1.165, 1.54) is 0 Å². The number of likely N-dealkylation sites (tertiary alicyclic amines) is 2. The molecule has 0 saturated carbocycles. The lowest BCUT2D eigenvalue weighted by Gasteiger charge is -2.53. The molecule has 5 nitrogen and oxygen atoms in total. The fraction of sp³-hybridized carbons (Fsp3) is 0.882. The van der Waals surface area contributed by atoms with Crippen LogP contribution in [0.5, 0.6) is 0 Å². The van der Waals surface area contributed by atoms with Gasteiger partial charge in [0.25, 0.3) is 0 Å². The Labute approximate surface area is 133 Å². The van der Waals surface area contributed by atoms with Gasteiger partial charge in [0, 0.05) is 31.8 Å².